The number of ether oxygens (including phenoxy) is 2. The van der Waals surface area contributed by atoms with Crippen molar-refractivity contribution in [1.29, 1.82) is 0 Å². The maximum Gasteiger partial charge on any atom is 0.380 e. The average molecular weight is 525 g/mol. The maximum atomic E-state index is 15.2. The molecule has 186 valence electrons. The van der Waals surface area contributed by atoms with Gasteiger partial charge in [0, 0.05) is 17.0 Å². The van der Waals surface area contributed by atoms with Gasteiger partial charge in [0.25, 0.3) is 5.91 Å². The van der Waals surface area contributed by atoms with Crippen molar-refractivity contribution in [2.45, 2.75) is 30.2 Å². The molecule has 10 heteroatoms. The van der Waals surface area contributed by atoms with Gasteiger partial charge in [0.05, 0.1) is 11.4 Å². The van der Waals surface area contributed by atoms with Gasteiger partial charge in [-0.2, -0.15) is 8.78 Å². The minimum Gasteiger partial charge on any atom is -0.486 e. The Morgan fingerprint density at radius 3 is 2.57 bits per heavy atom. The monoisotopic (exact) mass is 524 g/mol. The molecule has 1 aromatic heterocycles. The first-order valence-corrected chi connectivity index (χ1v) is 12.3. The van der Waals surface area contributed by atoms with E-state index in [1.165, 1.54) is 18.2 Å². The van der Waals surface area contributed by atoms with Crippen LogP contribution in [0.5, 0.6) is 11.5 Å². The number of hydrogen-bond donors (Lipinski definition) is 1. The van der Waals surface area contributed by atoms with Crippen molar-refractivity contribution in [3.05, 3.63) is 58.8 Å². The molecule has 3 aromatic rings. The Morgan fingerprint density at radius 2 is 1.80 bits per heavy atom. The summed E-state index contributed by atoms with van der Waals surface area (Å²) < 4.78 is 46.9. The van der Waals surface area contributed by atoms with Crippen LogP contribution in [-0.4, -0.2) is 49.7 Å². The molecule has 0 bridgehead atoms. The lowest BCUT2D eigenvalue weighted by Gasteiger charge is -2.30. The zero-order chi connectivity index (χ0) is 24.6. The number of rotatable bonds is 7. The van der Waals surface area contributed by atoms with E-state index in [9.17, 15) is 4.79 Å². The van der Waals surface area contributed by atoms with E-state index in [1.54, 1.807) is 18.2 Å². The van der Waals surface area contributed by atoms with Crippen molar-refractivity contribution >= 4 is 40.1 Å². The highest BCUT2D eigenvalue weighted by atomic mass is 35.5. The van der Waals surface area contributed by atoms with Crippen LogP contribution in [0.1, 0.15) is 29.5 Å². The van der Waals surface area contributed by atoms with Crippen LogP contribution >= 0.6 is 23.2 Å². The number of fused-ring (bicyclic) bond motifs is 2. The van der Waals surface area contributed by atoms with Gasteiger partial charge in [-0.3, -0.25) is 4.79 Å². The molecule has 0 radical (unpaired) electrons. The van der Waals surface area contributed by atoms with Crippen molar-refractivity contribution < 1.29 is 27.5 Å². The Bertz CT molecular complexity index is 1230. The third-order valence-electron chi connectivity index (χ3n) is 6.28. The standard InChI is InChI=1S/C25H24Cl2F2N2O4/c26-17-4-6-19-16(11-17)13-22(35-19)25(28,29)24(32)30-18(14-31-7-1-2-8-31)23(27)15-3-5-20-21(12-15)34-10-9-33-20/h3-6,11-13,18,23H,1-2,7-10,14H2,(H,30,32)/t18-,23+/m1/s1. The summed E-state index contributed by atoms with van der Waals surface area (Å²) in [6.45, 7) is 2.83. The average Bonchev–Trinajstić information content (AvgIpc) is 3.52. The van der Waals surface area contributed by atoms with E-state index < -0.39 is 29.0 Å². The highest BCUT2D eigenvalue weighted by molar-refractivity contribution is 6.31. The second kappa shape index (κ2) is 9.84. The first-order valence-electron chi connectivity index (χ1n) is 11.5. The summed E-state index contributed by atoms with van der Waals surface area (Å²) in [6, 6.07) is 10.1. The van der Waals surface area contributed by atoms with E-state index in [1.807, 2.05) is 0 Å². The number of alkyl halides is 3. The van der Waals surface area contributed by atoms with E-state index in [4.69, 9.17) is 37.1 Å². The number of likely N-dealkylation sites (tertiary alicyclic amines) is 1. The number of carbonyl (C=O) groups is 1. The lowest BCUT2D eigenvalue weighted by atomic mass is 10.0. The van der Waals surface area contributed by atoms with Gasteiger partial charge in [0.15, 0.2) is 17.3 Å². The molecule has 0 unspecified atom stereocenters. The summed E-state index contributed by atoms with van der Waals surface area (Å²) in [4.78, 5) is 15.0. The summed E-state index contributed by atoms with van der Waals surface area (Å²) >= 11 is 12.7. The number of halogens is 4. The molecule has 2 aliphatic heterocycles. The summed E-state index contributed by atoms with van der Waals surface area (Å²) in [5.41, 5.74) is 0.860. The predicted octanol–water partition coefficient (Wildman–Crippen LogP) is 5.51. The molecule has 1 saturated heterocycles. The molecule has 1 N–H and O–H groups in total. The molecule has 5 rings (SSSR count). The normalized spacial score (nSPS) is 17.9. The highest BCUT2D eigenvalue weighted by Crippen LogP contribution is 2.37. The Kier molecular flexibility index (Phi) is 6.79. The summed E-state index contributed by atoms with van der Waals surface area (Å²) in [5.74, 6) is -5.00. The third-order valence-corrected chi connectivity index (χ3v) is 7.07. The van der Waals surface area contributed by atoms with Gasteiger partial charge >= 0.3 is 5.92 Å². The fourth-order valence-electron chi connectivity index (χ4n) is 4.46. The van der Waals surface area contributed by atoms with E-state index in [0.717, 1.165) is 32.0 Å². The molecular formula is C25H24Cl2F2N2O4. The topological polar surface area (TPSA) is 63.9 Å². The number of carbonyl (C=O) groups excluding carboxylic acids is 1. The largest absolute Gasteiger partial charge is 0.486 e. The number of amides is 1. The SMILES string of the molecule is O=C(N[C@H](CN1CCCC1)[C@@H](Cl)c1ccc2c(c1)OCCO2)C(F)(F)c1cc2cc(Cl)ccc2o1. The lowest BCUT2D eigenvalue weighted by molar-refractivity contribution is -0.150. The van der Waals surface area contributed by atoms with E-state index in [0.29, 0.717) is 47.2 Å². The van der Waals surface area contributed by atoms with Crippen molar-refractivity contribution in [3.8, 4) is 11.5 Å². The van der Waals surface area contributed by atoms with E-state index in [-0.39, 0.29) is 5.58 Å². The molecule has 2 atom stereocenters. The summed E-state index contributed by atoms with van der Waals surface area (Å²) in [5, 5.41) is 2.49. The minimum absolute atomic E-state index is 0.219. The number of furan rings is 1. The van der Waals surface area contributed by atoms with Crippen molar-refractivity contribution in [1.82, 2.24) is 10.2 Å². The van der Waals surface area contributed by atoms with Crippen LogP contribution in [0.2, 0.25) is 5.02 Å². The van der Waals surface area contributed by atoms with Crippen molar-refractivity contribution in [2.75, 3.05) is 32.8 Å². The van der Waals surface area contributed by atoms with Crippen LogP contribution < -0.4 is 14.8 Å². The van der Waals surface area contributed by atoms with Gasteiger partial charge in [0.2, 0.25) is 0 Å². The Morgan fingerprint density at radius 1 is 1.06 bits per heavy atom. The summed E-state index contributed by atoms with van der Waals surface area (Å²) in [6.07, 6.45) is 2.02. The Labute approximate surface area is 211 Å². The first-order chi connectivity index (χ1) is 16.8. The van der Waals surface area contributed by atoms with E-state index in [2.05, 4.69) is 10.2 Å². The fraction of sp³-hybridized carbons (Fsp3) is 0.400. The van der Waals surface area contributed by atoms with Crippen LogP contribution in [0.25, 0.3) is 11.0 Å². The number of nitrogens with zero attached hydrogens (tertiary/aromatic N) is 1. The Balaban J connectivity index is 1.39. The maximum absolute atomic E-state index is 15.2. The van der Waals surface area contributed by atoms with Gasteiger partial charge < -0.3 is 24.1 Å². The first kappa shape index (κ1) is 24.2. The number of nitrogens with one attached hydrogen (secondary N) is 1. The zero-order valence-corrected chi connectivity index (χ0v) is 20.2. The van der Waals surface area contributed by atoms with Crippen LogP contribution in [0, 0.1) is 0 Å². The second-order valence-electron chi connectivity index (χ2n) is 8.76. The third kappa shape index (κ3) is 5.06. The molecule has 1 amide bonds. The molecule has 2 aromatic carbocycles. The van der Waals surface area contributed by atoms with Crippen molar-refractivity contribution in [2.24, 2.45) is 0 Å². The van der Waals surface area contributed by atoms with Gasteiger partial charge in [-0.05, 0) is 67.9 Å². The van der Waals surface area contributed by atoms with Crippen LogP contribution in [-0.2, 0) is 10.7 Å². The quantitative estimate of drug-likeness (QED) is 0.413. The highest BCUT2D eigenvalue weighted by Gasteiger charge is 2.46. The molecular weight excluding hydrogens is 501 g/mol. The number of benzene rings is 2. The van der Waals surface area contributed by atoms with Crippen LogP contribution in [0.4, 0.5) is 8.78 Å². The molecule has 3 heterocycles. The molecule has 0 spiro atoms. The summed E-state index contributed by atoms with van der Waals surface area (Å²) in [7, 11) is 0. The molecule has 2 aliphatic rings. The predicted molar refractivity (Wildman–Crippen MR) is 129 cm³/mol. The zero-order valence-electron chi connectivity index (χ0n) is 18.7. The fourth-order valence-corrected chi connectivity index (χ4v) is 4.92. The van der Waals surface area contributed by atoms with Gasteiger partial charge in [-0.15, -0.1) is 11.6 Å². The van der Waals surface area contributed by atoms with Gasteiger partial charge in [-0.1, -0.05) is 17.7 Å². The molecule has 0 saturated carbocycles. The van der Waals surface area contributed by atoms with Gasteiger partial charge in [0.1, 0.15) is 18.8 Å². The van der Waals surface area contributed by atoms with E-state index >= 15 is 8.78 Å². The lowest BCUT2D eigenvalue weighted by Crippen LogP contribution is -2.50. The smallest absolute Gasteiger partial charge is 0.380 e. The van der Waals surface area contributed by atoms with Crippen LogP contribution in [0.15, 0.2) is 46.9 Å². The van der Waals surface area contributed by atoms with Gasteiger partial charge in [-0.25, -0.2) is 0 Å². The van der Waals surface area contributed by atoms with Crippen LogP contribution in [0.3, 0.4) is 0 Å². The molecule has 35 heavy (non-hydrogen) atoms. The Hall–Kier alpha value is -2.55. The number of hydrogen-bond acceptors (Lipinski definition) is 5. The molecule has 6 nitrogen and oxygen atoms in total. The molecule has 1 fully saturated rings. The second-order valence-corrected chi connectivity index (χ2v) is 9.67. The minimum atomic E-state index is -3.90. The molecule has 0 aliphatic carbocycles. The van der Waals surface area contributed by atoms with Crippen molar-refractivity contribution in [3.63, 3.8) is 0 Å².